The summed E-state index contributed by atoms with van der Waals surface area (Å²) in [6.45, 7) is 5.46. The number of benzene rings is 1. The molecule has 0 bridgehead atoms. The van der Waals surface area contributed by atoms with Gasteiger partial charge in [-0.3, -0.25) is 14.7 Å². The minimum Gasteiger partial charge on any atom is -0.454 e. The lowest BCUT2D eigenvalue weighted by molar-refractivity contribution is -0.122. The first-order valence-corrected chi connectivity index (χ1v) is 7.70. The van der Waals surface area contributed by atoms with E-state index >= 15 is 0 Å². The fraction of sp³-hybridized carbons (Fsp3) is 0.333. The lowest BCUT2D eigenvalue weighted by Crippen LogP contribution is -2.28. The van der Waals surface area contributed by atoms with Crippen molar-refractivity contribution in [3.63, 3.8) is 0 Å². The topological polar surface area (TPSA) is 51.1 Å². The standard InChI is InChI=1S/C15H16N2O3S/c1-3-16-15-17(4-2)14(18)13(21-15)8-10-5-6-11-12(7-10)20-9-19-11/h5-8H,3-4,9H2,1-2H3. The molecule has 6 heteroatoms. The summed E-state index contributed by atoms with van der Waals surface area (Å²) in [5, 5.41) is 0.775. The molecular weight excluding hydrogens is 288 g/mol. The maximum absolute atomic E-state index is 12.4. The lowest BCUT2D eigenvalue weighted by atomic mass is 10.2. The molecule has 2 heterocycles. The molecule has 1 aromatic carbocycles. The first-order valence-electron chi connectivity index (χ1n) is 6.88. The number of hydrogen-bond donors (Lipinski definition) is 0. The number of likely N-dealkylation sites (N-methyl/N-ethyl adjacent to an activating group) is 1. The maximum atomic E-state index is 12.4. The third-order valence-electron chi connectivity index (χ3n) is 3.19. The second kappa shape index (κ2) is 5.81. The summed E-state index contributed by atoms with van der Waals surface area (Å²) >= 11 is 1.42. The number of carbonyl (C=O) groups excluding carboxylic acids is 1. The summed E-state index contributed by atoms with van der Waals surface area (Å²) in [5.41, 5.74) is 0.920. The molecule has 1 amide bonds. The normalized spacial score (nSPS) is 20.9. The van der Waals surface area contributed by atoms with Crippen LogP contribution in [0.4, 0.5) is 0 Å². The van der Waals surface area contributed by atoms with Gasteiger partial charge in [-0.2, -0.15) is 0 Å². The number of nitrogens with zero attached hydrogens (tertiary/aromatic N) is 2. The second-order valence-electron chi connectivity index (χ2n) is 4.53. The van der Waals surface area contributed by atoms with Gasteiger partial charge in [-0.15, -0.1) is 0 Å². The van der Waals surface area contributed by atoms with E-state index in [0.717, 1.165) is 22.2 Å². The van der Waals surface area contributed by atoms with Crippen molar-refractivity contribution in [3.8, 4) is 11.5 Å². The Morgan fingerprint density at radius 2 is 2.14 bits per heavy atom. The molecular formula is C15H16N2O3S. The van der Waals surface area contributed by atoms with Crippen molar-refractivity contribution in [2.75, 3.05) is 19.9 Å². The SMILES string of the molecule is CCN=C1SC(=Cc2ccc3c(c2)OCO3)C(=O)N1CC. The fourth-order valence-electron chi connectivity index (χ4n) is 2.19. The Bertz CT molecular complexity index is 640. The van der Waals surface area contributed by atoms with Crippen LogP contribution in [0.2, 0.25) is 0 Å². The third kappa shape index (κ3) is 2.63. The summed E-state index contributed by atoms with van der Waals surface area (Å²) in [6, 6.07) is 5.66. The fourth-order valence-corrected chi connectivity index (χ4v) is 3.30. The van der Waals surface area contributed by atoms with Crippen LogP contribution in [0.1, 0.15) is 19.4 Å². The van der Waals surface area contributed by atoms with Crippen molar-refractivity contribution in [2.24, 2.45) is 4.99 Å². The van der Waals surface area contributed by atoms with Crippen LogP contribution >= 0.6 is 11.8 Å². The lowest BCUT2D eigenvalue weighted by Gasteiger charge is -2.11. The van der Waals surface area contributed by atoms with E-state index in [4.69, 9.17) is 9.47 Å². The third-order valence-corrected chi connectivity index (χ3v) is 4.24. The molecule has 1 saturated heterocycles. The molecule has 2 aliphatic rings. The highest BCUT2D eigenvalue weighted by atomic mass is 32.2. The Hall–Kier alpha value is -1.95. The predicted molar refractivity (Wildman–Crippen MR) is 83.5 cm³/mol. The summed E-state index contributed by atoms with van der Waals surface area (Å²) in [4.78, 5) is 19.1. The number of hydrogen-bond acceptors (Lipinski definition) is 5. The molecule has 1 aromatic rings. The first kappa shape index (κ1) is 14.0. The van der Waals surface area contributed by atoms with Gasteiger partial charge in [-0.1, -0.05) is 6.07 Å². The highest BCUT2D eigenvalue weighted by Gasteiger charge is 2.31. The van der Waals surface area contributed by atoms with E-state index in [2.05, 4.69) is 4.99 Å². The van der Waals surface area contributed by atoms with Crippen molar-refractivity contribution >= 4 is 28.9 Å². The van der Waals surface area contributed by atoms with E-state index in [1.165, 1.54) is 11.8 Å². The zero-order chi connectivity index (χ0) is 14.8. The molecule has 5 nitrogen and oxygen atoms in total. The Morgan fingerprint density at radius 3 is 2.90 bits per heavy atom. The monoisotopic (exact) mass is 304 g/mol. The largest absolute Gasteiger partial charge is 0.454 e. The van der Waals surface area contributed by atoms with Gasteiger partial charge in [-0.05, 0) is 49.4 Å². The van der Waals surface area contributed by atoms with Gasteiger partial charge in [0.05, 0.1) is 4.91 Å². The predicted octanol–water partition coefficient (Wildman–Crippen LogP) is 2.73. The van der Waals surface area contributed by atoms with Crippen LogP contribution in [0.25, 0.3) is 6.08 Å². The molecule has 2 aliphatic heterocycles. The van der Waals surface area contributed by atoms with E-state index < -0.39 is 0 Å². The van der Waals surface area contributed by atoms with Gasteiger partial charge >= 0.3 is 0 Å². The number of thioether (sulfide) groups is 1. The first-order chi connectivity index (χ1) is 10.2. The quantitative estimate of drug-likeness (QED) is 0.806. The van der Waals surface area contributed by atoms with E-state index in [0.29, 0.717) is 18.0 Å². The molecule has 0 aliphatic carbocycles. The van der Waals surface area contributed by atoms with Crippen molar-refractivity contribution in [2.45, 2.75) is 13.8 Å². The number of carbonyl (C=O) groups is 1. The van der Waals surface area contributed by atoms with Gasteiger partial charge in [0, 0.05) is 13.1 Å². The summed E-state index contributed by atoms with van der Waals surface area (Å²) < 4.78 is 10.6. The molecule has 110 valence electrons. The number of amidine groups is 1. The van der Waals surface area contributed by atoms with Gasteiger partial charge < -0.3 is 9.47 Å². The minimum absolute atomic E-state index is 0.00682. The van der Waals surface area contributed by atoms with Crippen LogP contribution in [-0.4, -0.2) is 35.9 Å². The van der Waals surface area contributed by atoms with E-state index in [1.807, 2.05) is 38.1 Å². The Morgan fingerprint density at radius 1 is 1.33 bits per heavy atom. The molecule has 0 spiro atoms. The molecule has 3 rings (SSSR count). The molecule has 0 radical (unpaired) electrons. The summed E-state index contributed by atoms with van der Waals surface area (Å²) in [6.07, 6.45) is 1.87. The Kier molecular flexibility index (Phi) is 3.88. The number of rotatable bonds is 3. The maximum Gasteiger partial charge on any atom is 0.266 e. The molecule has 0 N–H and O–H groups in total. The highest BCUT2D eigenvalue weighted by Crippen LogP contribution is 2.36. The summed E-state index contributed by atoms with van der Waals surface area (Å²) in [5.74, 6) is 1.47. The van der Waals surface area contributed by atoms with Crippen LogP contribution in [0.15, 0.2) is 28.1 Å². The highest BCUT2D eigenvalue weighted by molar-refractivity contribution is 8.18. The zero-order valence-corrected chi connectivity index (χ0v) is 12.8. The van der Waals surface area contributed by atoms with Gasteiger partial charge in [0.1, 0.15) is 0 Å². The molecule has 21 heavy (non-hydrogen) atoms. The number of ether oxygens (including phenoxy) is 2. The minimum atomic E-state index is 0.00682. The molecule has 0 aromatic heterocycles. The van der Waals surface area contributed by atoms with Crippen molar-refractivity contribution < 1.29 is 14.3 Å². The van der Waals surface area contributed by atoms with Crippen molar-refractivity contribution in [1.82, 2.24) is 4.90 Å². The van der Waals surface area contributed by atoms with Gasteiger partial charge in [0.2, 0.25) is 6.79 Å². The van der Waals surface area contributed by atoms with Gasteiger partial charge in [0.25, 0.3) is 5.91 Å². The van der Waals surface area contributed by atoms with E-state index in [-0.39, 0.29) is 12.7 Å². The van der Waals surface area contributed by atoms with Crippen LogP contribution in [0.5, 0.6) is 11.5 Å². The number of aliphatic imine (C=N–C) groups is 1. The molecule has 1 fully saturated rings. The molecule has 0 saturated carbocycles. The average molecular weight is 304 g/mol. The van der Waals surface area contributed by atoms with Crippen LogP contribution < -0.4 is 9.47 Å². The average Bonchev–Trinajstić information content (AvgIpc) is 3.05. The summed E-state index contributed by atoms with van der Waals surface area (Å²) in [7, 11) is 0. The van der Waals surface area contributed by atoms with E-state index in [9.17, 15) is 4.79 Å². The number of fused-ring (bicyclic) bond motifs is 1. The second-order valence-corrected chi connectivity index (χ2v) is 5.54. The van der Waals surface area contributed by atoms with Crippen LogP contribution in [-0.2, 0) is 4.79 Å². The molecule has 0 unspecified atom stereocenters. The Balaban J connectivity index is 1.89. The number of amides is 1. The Labute approximate surface area is 127 Å². The zero-order valence-electron chi connectivity index (χ0n) is 12.0. The smallest absolute Gasteiger partial charge is 0.266 e. The van der Waals surface area contributed by atoms with Crippen molar-refractivity contribution in [3.05, 3.63) is 28.7 Å². The van der Waals surface area contributed by atoms with Gasteiger partial charge in [-0.25, -0.2) is 0 Å². The van der Waals surface area contributed by atoms with Crippen molar-refractivity contribution in [1.29, 1.82) is 0 Å². The van der Waals surface area contributed by atoms with Crippen LogP contribution in [0.3, 0.4) is 0 Å². The molecule has 0 atom stereocenters. The van der Waals surface area contributed by atoms with Gasteiger partial charge in [0.15, 0.2) is 16.7 Å². The van der Waals surface area contributed by atoms with E-state index in [1.54, 1.807) is 4.90 Å². The van der Waals surface area contributed by atoms with Crippen LogP contribution in [0, 0.1) is 0 Å².